The molecule has 1 aliphatic heterocycles. The summed E-state index contributed by atoms with van der Waals surface area (Å²) in [5.74, 6) is -0.488. The number of carbonyl (C=O) groups excluding carboxylic acids is 3. The van der Waals surface area contributed by atoms with Crippen molar-refractivity contribution < 1.29 is 23.5 Å². The summed E-state index contributed by atoms with van der Waals surface area (Å²) in [4.78, 5) is 38.0. The zero-order chi connectivity index (χ0) is 23.4. The molecule has 4 rings (SSSR count). The lowest BCUT2D eigenvalue weighted by molar-refractivity contribution is -0.128. The quantitative estimate of drug-likeness (QED) is 0.510. The summed E-state index contributed by atoms with van der Waals surface area (Å²) in [6.45, 7) is 0.542. The first kappa shape index (κ1) is 22.3. The first-order valence-electron chi connectivity index (χ1n) is 10.7. The molecule has 2 heterocycles. The number of fused-ring (bicyclic) bond motifs is 1. The minimum atomic E-state index is -0.597. The molecular weight excluding hydrogens is 424 g/mol. The highest BCUT2D eigenvalue weighted by atomic mass is 16.5. The van der Waals surface area contributed by atoms with Crippen molar-refractivity contribution in [2.75, 3.05) is 18.9 Å². The molecule has 1 fully saturated rings. The molecule has 0 spiro atoms. The fourth-order valence-corrected chi connectivity index (χ4v) is 3.82. The van der Waals surface area contributed by atoms with Gasteiger partial charge in [0.25, 0.3) is 5.91 Å². The molecule has 33 heavy (non-hydrogen) atoms. The number of nitrogens with two attached hydrogens (primary N) is 1. The number of amides is 4. The van der Waals surface area contributed by atoms with Crippen molar-refractivity contribution in [1.82, 2.24) is 10.2 Å². The summed E-state index contributed by atoms with van der Waals surface area (Å²) in [6.07, 6.45) is 0.355. The number of urea groups is 1. The second kappa shape index (κ2) is 9.74. The SMILES string of the molecule is CN(Cc1ccccc1NC(=O)NCC1CCC(C(N)=O)O1)C(=O)c1cc2ccccc2o1. The molecule has 2 aromatic carbocycles. The van der Waals surface area contributed by atoms with Crippen molar-refractivity contribution in [3.63, 3.8) is 0 Å². The van der Waals surface area contributed by atoms with E-state index in [9.17, 15) is 14.4 Å². The number of furan rings is 1. The number of hydrogen-bond donors (Lipinski definition) is 3. The smallest absolute Gasteiger partial charge is 0.319 e. The van der Waals surface area contributed by atoms with E-state index in [-0.39, 0.29) is 30.9 Å². The van der Waals surface area contributed by atoms with Crippen LogP contribution in [0.2, 0.25) is 0 Å². The molecule has 2 atom stereocenters. The first-order valence-corrected chi connectivity index (χ1v) is 10.7. The van der Waals surface area contributed by atoms with Gasteiger partial charge in [-0.05, 0) is 36.6 Å². The number of nitrogens with zero attached hydrogens (tertiary/aromatic N) is 1. The molecule has 9 nitrogen and oxygen atoms in total. The van der Waals surface area contributed by atoms with E-state index >= 15 is 0 Å². The summed E-state index contributed by atoms with van der Waals surface area (Å²) >= 11 is 0. The number of primary amides is 1. The third-order valence-electron chi connectivity index (χ3n) is 5.57. The lowest BCUT2D eigenvalue weighted by atomic mass is 10.1. The van der Waals surface area contributed by atoms with Crippen molar-refractivity contribution in [1.29, 1.82) is 0 Å². The van der Waals surface area contributed by atoms with Crippen LogP contribution in [0, 0.1) is 0 Å². The van der Waals surface area contributed by atoms with Crippen LogP contribution in [0.1, 0.15) is 29.0 Å². The van der Waals surface area contributed by atoms with E-state index in [1.165, 1.54) is 4.90 Å². The third kappa shape index (κ3) is 5.32. The summed E-state index contributed by atoms with van der Waals surface area (Å²) in [5, 5.41) is 6.43. The molecule has 9 heteroatoms. The van der Waals surface area contributed by atoms with Crippen LogP contribution >= 0.6 is 0 Å². The molecule has 0 radical (unpaired) electrons. The molecular formula is C24H26N4O5. The third-order valence-corrected chi connectivity index (χ3v) is 5.57. The van der Waals surface area contributed by atoms with Gasteiger partial charge in [-0.1, -0.05) is 36.4 Å². The second-order valence-corrected chi connectivity index (χ2v) is 8.03. The molecule has 1 saturated heterocycles. The predicted octanol–water partition coefficient (Wildman–Crippen LogP) is 2.86. The predicted molar refractivity (Wildman–Crippen MR) is 123 cm³/mol. The number of rotatable bonds is 7. The number of nitrogens with one attached hydrogen (secondary N) is 2. The van der Waals surface area contributed by atoms with Gasteiger partial charge in [-0.3, -0.25) is 9.59 Å². The molecule has 1 aliphatic rings. The van der Waals surface area contributed by atoms with E-state index in [0.29, 0.717) is 24.1 Å². The molecule has 1 aromatic heterocycles. The Morgan fingerprint density at radius 2 is 1.85 bits per heavy atom. The van der Waals surface area contributed by atoms with Crippen molar-refractivity contribution in [2.24, 2.45) is 5.73 Å². The van der Waals surface area contributed by atoms with Crippen molar-refractivity contribution in [3.05, 3.63) is 65.9 Å². The zero-order valence-electron chi connectivity index (χ0n) is 18.2. The minimum Gasteiger partial charge on any atom is -0.451 e. The van der Waals surface area contributed by atoms with Gasteiger partial charge in [0.15, 0.2) is 5.76 Å². The topological polar surface area (TPSA) is 127 Å². The Bertz CT molecular complexity index is 1140. The Hall–Kier alpha value is -3.85. The Labute approximate surface area is 190 Å². The molecule has 4 amide bonds. The number of carbonyl (C=O) groups is 3. The maximum Gasteiger partial charge on any atom is 0.319 e. The van der Waals surface area contributed by atoms with E-state index < -0.39 is 18.0 Å². The van der Waals surface area contributed by atoms with Crippen LogP contribution in [-0.4, -0.2) is 48.5 Å². The highest BCUT2D eigenvalue weighted by Crippen LogP contribution is 2.22. The zero-order valence-corrected chi connectivity index (χ0v) is 18.2. The van der Waals surface area contributed by atoms with Gasteiger partial charge in [-0.15, -0.1) is 0 Å². The van der Waals surface area contributed by atoms with E-state index in [2.05, 4.69) is 10.6 Å². The van der Waals surface area contributed by atoms with Crippen molar-refractivity contribution in [3.8, 4) is 0 Å². The lowest BCUT2D eigenvalue weighted by Gasteiger charge is -2.19. The van der Waals surface area contributed by atoms with Gasteiger partial charge in [-0.2, -0.15) is 0 Å². The molecule has 0 saturated carbocycles. The molecule has 172 valence electrons. The number of hydrogen-bond acceptors (Lipinski definition) is 5. The van der Waals surface area contributed by atoms with Gasteiger partial charge >= 0.3 is 6.03 Å². The maximum absolute atomic E-state index is 12.9. The van der Waals surface area contributed by atoms with Crippen LogP contribution in [-0.2, 0) is 16.1 Å². The standard InChI is InChI=1S/C24H26N4O5/c1-28(23(30)21-12-15-6-3-5-9-19(15)33-21)14-16-7-2-4-8-18(16)27-24(31)26-13-17-10-11-20(32-17)22(25)29/h2-9,12,17,20H,10-11,13-14H2,1H3,(H2,25,29)(H2,26,27,31). The summed E-state index contributed by atoms with van der Waals surface area (Å²) < 4.78 is 11.2. The van der Waals surface area contributed by atoms with Crippen LogP contribution in [0.15, 0.2) is 59.0 Å². The van der Waals surface area contributed by atoms with Gasteiger partial charge in [0.05, 0.1) is 6.10 Å². The van der Waals surface area contributed by atoms with Crippen LogP contribution in [0.25, 0.3) is 11.0 Å². The van der Waals surface area contributed by atoms with E-state index in [1.54, 1.807) is 25.2 Å². The van der Waals surface area contributed by atoms with Crippen LogP contribution in [0.4, 0.5) is 10.5 Å². The highest BCUT2D eigenvalue weighted by Gasteiger charge is 2.29. The Balaban J connectivity index is 1.35. The number of benzene rings is 2. The molecule has 3 aromatic rings. The number of ether oxygens (including phenoxy) is 1. The Morgan fingerprint density at radius 1 is 1.09 bits per heavy atom. The van der Waals surface area contributed by atoms with Crippen LogP contribution in [0.5, 0.6) is 0 Å². The van der Waals surface area contributed by atoms with E-state index in [4.69, 9.17) is 14.9 Å². The Kier molecular flexibility index (Phi) is 6.60. The largest absolute Gasteiger partial charge is 0.451 e. The maximum atomic E-state index is 12.9. The van der Waals surface area contributed by atoms with Gasteiger partial charge < -0.3 is 30.4 Å². The van der Waals surface area contributed by atoms with Gasteiger partial charge in [-0.25, -0.2) is 4.79 Å². The molecule has 4 N–H and O–H groups in total. The van der Waals surface area contributed by atoms with Gasteiger partial charge in [0, 0.05) is 31.2 Å². The summed E-state index contributed by atoms with van der Waals surface area (Å²) in [6, 6.07) is 16.0. The fraction of sp³-hybridized carbons (Fsp3) is 0.292. The van der Waals surface area contributed by atoms with Crippen molar-refractivity contribution >= 4 is 34.5 Å². The number of anilines is 1. The first-order chi connectivity index (χ1) is 15.9. The lowest BCUT2D eigenvalue weighted by Crippen LogP contribution is -2.37. The van der Waals surface area contributed by atoms with Crippen LogP contribution < -0.4 is 16.4 Å². The van der Waals surface area contributed by atoms with Crippen LogP contribution in [0.3, 0.4) is 0 Å². The summed E-state index contributed by atoms with van der Waals surface area (Å²) in [5.41, 5.74) is 7.26. The summed E-state index contributed by atoms with van der Waals surface area (Å²) in [7, 11) is 1.68. The monoisotopic (exact) mass is 450 g/mol. The van der Waals surface area contributed by atoms with E-state index in [1.807, 2.05) is 36.4 Å². The minimum absolute atomic E-state index is 0.254. The molecule has 2 unspecified atom stereocenters. The Morgan fingerprint density at radius 3 is 2.61 bits per heavy atom. The van der Waals surface area contributed by atoms with E-state index in [0.717, 1.165) is 10.9 Å². The fourth-order valence-electron chi connectivity index (χ4n) is 3.82. The van der Waals surface area contributed by atoms with Gasteiger partial charge in [0.2, 0.25) is 5.91 Å². The van der Waals surface area contributed by atoms with Gasteiger partial charge in [0.1, 0.15) is 11.7 Å². The normalized spacial score (nSPS) is 17.6. The molecule has 0 bridgehead atoms. The highest BCUT2D eigenvalue weighted by molar-refractivity contribution is 5.96. The van der Waals surface area contributed by atoms with Crippen molar-refractivity contribution in [2.45, 2.75) is 31.6 Å². The molecule has 0 aliphatic carbocycles. The number of para-hydroxylation sites is 2. The second-order valence-electron chi connectivity index (χ2n) is 8.03. The average molecular weight is 450 g/mol. The average Bonchev–Trinajstić information content (AvgIpc) is 3.45.